The third kappa shape index (κ3) is 2.68. The molecule has 0 aliphatic rings. The van der Waals surface area contributed by atoms with Crippen LogP contribution in [0.5, 0.6) is 5.75 Å². The molecule has 0 amide bonds. The topological polar surface area (TPSA) is 34.4 Å². The van der Waals surface area contributed by atoms with E-state index in [1.165, 1.54) is 12.8 Å². The fourth-order valence-electron chi connectivity index (χ4n) is 2.66. The van der Waals surface area contributed by atoms with Crippen molar-refractivity contribution in [2.45, 2.75) is 26.2 Å². The molecule has 2 aromatic carbocycles. The number of methoxy groups -OCH3 is 1. The van der Waals surface area contributed by atoms with Gasteiger partial charge in [-0.05, 0) is 18.6 Å². The summed E-state index contributed by atoms with van der Waals surface area (Å²) in [5.41, 5.74) is 2.81. The molecule has 0 saturated carbocycles. The second kappa shape index (κ2) is 6.08. The Morgan fingerprint density at radius 1 is 1.05 bits per heavy atom. The summed E-state index contributed by atoms with van der Waals surface area (Å²) < 4.78 is 11.4. The largest absolute Gasteiger partial charge is 0.495 e. The van der Waals surface area contributed by atoms with Crippen LogP contribution in [0.3, 0.4) is 0 Å². The number of hydrogen-bond acceptors (Lipinski definition) is 3. The Kier molecular flexibility index (Phi) is 4.00. The molecule has 3 heteroatoms. The molecule has 3 nitrogen and oxygen atoms in total. The van der Waals surface area contributed by atoms with Crippen LogP contribution in [0.25, 0.3) is 21.9 Å². The predicted octanol–water partition coefficient (Wildman–Crippen LogP) is 5.20. The molecule has 0 bridgehead atoms. The molecular formula is C18H21NO2. The van der Waals surface area contributed by atoms with E-state index < -0.39 is 0 Å². The van der Waals surface area contributed by atoms with Gasteiger partial charge in [-0.1, -0.05) is 38.0 Å². The summed E-state index contributed by atoms with van der Waals surface area (Å²) in [4.78, 5) is 0. The lowest BCUT2D eigenvalue weighted by molar-refractivity contribution is 0.417. The lowest BCUT2D eigenvalue weighted by atomic mass is 10.1. The minimum Gasteiger partial charge on any atom is -0.495 e. The molecule has 0 spiro atoms. The quantitative estimate of drug-likeness (QED) is 0.632. The van der Waals surface area contributed by atoms with Crippen LogP contribution in [0.2, 0.25) is 0 Å². The minimum atomic E-state index is 0.866. The maximum atomic E-state index is 5.92. The second-order valence-electron chi connectivity index (χ2n) is 5.28. The maximum Gasteiger partial charge on any atom is 0.142 e. The van der Waals surface area contributed by atoms with Crippen molar-refractivity contribution in [2.75, 3.05) is 19.0 Å². The van der Waals surface area contributed by atoms with E-state index in [-0.39, 0.29) is 0 Å². The van der Waals surface area contributed by atoms with Crippen molar-refractivity contribution in [3.63, 3.8) is 0 Å². The molecule has 0 aliphatic carbocycles. The average Bonchev–Trinajstić information content (AvgIpc) is 2.88. The summed E-state index contributed by atoms with van der Waals surface area (Å²) in [6, 6.07) is 12.2. The van der Waals surface area contributed by atoms with Crippen LogP contribution in [0.4, 0.5) is 5.69 Å². The molecule has 21 heavy (non-hydrogen) atoms. The number of anilines is 1. The molecule has 0 saturated heterocycles. The molecule has 0 aliphatic heterocycles. The van der Waals surface area contributed by atoms with Gasteiger partial charge in [0.25, 0.3) is 0 Å². The van der Waals surface area contributed by atoms with Gasteiger partial charge < -0.3 is 14.5 Å². The molecule has 0 fully saturated rings. The van der Waals surface area contributed by atoms with Crippen LogP contribution in [0.1, 0.15) is 26.2 Å². The van der Waals surface area contributed by atoms with Gasteiger partial charge in [-0.15, -0.1) is 0 Å². The van der Waals surface area contributed by atoms with Crippen LogP contribution in [-0.2, 0) is 0 Å². The Hall–Kier alpha value is -2.16. The van der Waals surface area contributed by atoms with Gasteiger partial charge in [0, 0.05) is 23.4 Å². The first kappa shape index (κ1) is 13.8. The highest BCUT2D eigenvalue weighted by Gasteiger charge is 2.11. The number of nitrogens with one attached hydrogen (secondary N) is 1. The van der Waals surface area contributed by atoms with E-state index in [0.717, 1.165) is 46.3 Å². The van der Waals surface area contributed by atoms with Crippen molar-refractivity contribution < 1.29 is 9.15 Å². The number of benzene rings is 2. The summed E-state index contributed by atoms with van der Waals surface area (Å²) >= 11 is 0. The third-order valence-corrected chi connectivity index (χ3v) is 3.79. The fourth-order valence-corrected chi connectivity index (χ4v) is 2.66. The van der Waals surface area contributed by atoms with Crippen molar-refractivity contribution in [1.82, 2.24) is 0 Å². The van der Waals surface area contributed by atoms with Crippen LogP contribution in [-0.4, -0.2) is 13.7 Å². The van der Waals surface area contributed by atoms with Crippen LogP contribution >= 0.6 is 0 Å². The molecular weight excluding hydrogens is 262 g/mol. The monoisotopic (exact) mass is 283 g/mol. The van der Waals surface area contributed by atoms with Crippen molar-refractivity contribution in [1.29, 1.82) is 0 Å². The molecule has 0 radical (unpaired) electrons. The zero-order valence-electron chi connectivity index (χ0n) is 12.6. The van der Waals surface area contributed by atoms with E-state index in [1.54, 1.807) is 7.11 Å². The zero-order valence-corrected chi connectivity index (χ0v) is 12.6. The Morgan fingerprint density at radius 2 is 1.90 bits per heavy atom. The smallest absolute Gasteiger partial charge is 0.142 e. The Morgan fingerprint density at radius 3 is 2.71 bits per heavy atom. The molecule has 110 valence electrons. The lowest BCUT2D eigenvalue weighted by Gasteiger charge is -2.11. The van der Waals surface area contributed by atoms with Gasteiger partial charge in [-0.2, -0.15) is 0 Å². The number of furan rings is 1. The number of fused-ring (bicyclic) bond motifs is 3. The van der Waals surface area contributed by atoms with E-state index in [1.807, 2.05) is 24.3 Å². The van der Waals surface area contributed by atoms with Gasteiger partial charge in [0.2, 0.25) is 0 Å². The van der Waals surface area contributed by atoms with E-state index in [0.29, 0.717) is 0 Å². The predicted molar refractivity (Wildman–Crippen MR) is 88.3 cm³/mol. The standard InChI is InChI=1S/C18H21NO2/c1-3-4-7-10-19-15-12-17-14(11-18(15)20-2)13-8-5-6-9-16(13)21-17/h5-6,8-9,11-12,19H,3-4,7,10H2,1-2H3. The average molecular weight is 283 g/mol. The summed E-state index contributed by atoms with van der Waals surface area (Å²) in [7, 11) is 1.71. The third-order valence-electron chi connectivity index (χ3n) is 3.79. The second-order valence-corrected chi connectivity index (χ2v) is 5.28. The highest BCUT2D eigenvalue weighted by Crippen LogP contribution is 2.36. The van der Waals surface area contributed by atoms with Gasteiger partial charge in [0.1, 0.15) is 16.9 Å². The summed E-state index contributed by atoms with van der Waals surface area (Å²) in [6.45, 7) is 3.16. The highest BCUT2D eigenvalue weighted by molar-refractivity contribution is 6.06. The Labute approximate surface area is 124 Å². The Balaban J connectivity index is 1.98. The van der Waals surface area contributed by atoms with E-state index in [4.69, 9.17) is 9.15 Å². The molecule has 3 aromatic rings. The summed E-state index contributed by atoms with van der Waals surface area (Å²) in [5.74, 6) is 0.866. The van der Waals surface area contributed by atoms with Crippen molar-refractivity contribution in [3.05, 3.63) is 36.4 Å². The molecule has 3 rings (SSSR count). The van der Waals surface area contributed by atoms with Crippen molar-refractivity contribution in [3.8, 4) is 5.75 Å². The SMILES string of the molecule is CCCCCNc1cc2oc3ccccc3c2cc1OC. The van der Waals surface area contributed by atoms with E-state index >= 15 is 0 Å². The molecule has 0 unspecified atom stereocenters. The first-order valence-corrected chi connectivity index (χ1v) is 7.56. The maximum absolute atomic E-state index is 5.92. The van der Waals surface area contributed by atoms with Gasteiger partial charge in [0.05, 0.1) is 12.8 Å². The number of para-hydroxylation sites is 1. The van der Waals surface area contributed by atoms with E-state index in [2.05, 4.69) is 24.4 Å². The number of hydrogen-bond donors (Lipinski definition) is 1. The van der Waals surface area contributed by atoms with Crippen LogP contribution < -0.4 is 10.1 Å². The first-order valence-electron chi connectivity index (χ1n) is 7.56. The highest BCUT2D eigenvalue weighted by atomic mass is 16.5. The van der Waals surface area contributed by atoms with Gasteiger partial charge in [0.15, 0.2) is 0 Å². The first-order chi connectivity index (χ1) is 10.3. The fraction of sp³-hybridized carbons (Fsp3) is 0.333. The van der Waals surface area contributed by atoms with Crippen LogP contribution in [0.15, 0.2) is 40.8 Å². The molecule has 1 heterocycles. The van der Waals surface area contributed by atoms with Gasteiger partial charge >= 0.3 is 0 Å². The normalized spacial score (nSPS) is 11.1. The van der Waals surface area contributed by atoms with Gasteiger partial charge in [-0.3, -0.25) is 0 Å². The molecule has 1 aromatic heterocycles. The summed E-state index contributed by atoms with van der Waals surface area (Å²) in [6.07, 6.45) is 3.63. The van der Waals surface area contributed by atoms with Crippen molar-refractivity contribution in [2.24, 2.45) is 0 Å². The van der Waals surface area contributed by atoms with E-state index in [9.17, 15) is 0 Å². The zero-order chi connectivity index (χ0) is 14.7. The lowest BCUT2D eigenvalue weighted by Crippen LogP contribution is -2.02. The molecule has 0 atom stereocenters. The number of unbranched alkanes of at least 4 members (excludes halogenated alkanes) is 2. The number of ether oxygens (including phenoxy) is 1. The number of rotatable bonds is 6. The van der Waals surface area contributed by atoms with Crippen molar-refractivity contribution >= 4 is 27.6 Å². The Bertz CT molecular complexity index is 745. The molecule has 1 N–H and O–H groups in total. The summed E-state index contributed by atoms with van der Waals surface area (Å²) in [5, 5.41) is 5.68. The minimum absolute atomic E-state index is 0.866. The van der Waals surface area contributed by atoms with Crippen LogP contribution in [0, 0.1) is 0 Å². The van der Waals surface area contributed by atoms with Gasteiger partial charge in [-0.25, -0.2) is 0 Å².